The van der Waals surface area contributed by atoms with Crippen molar-refractivity contribution in [3.63, 3.8) is 0 Å². The highest BCUT2D eigenvalue weighted by atomic mass is 16.3. The second-order valence-corrected chi connectivity index (χ2v) is 1.57. The van der Waals surface area contributed by atoms with Crippen LogP contribution in [0.3, 0.4) is 0 Å². The molecule has 0 radical (unpaired) electrons. The molecule has 0 aromatic heterocycles. The summed E-state index contributed by atoms with van der Waals surface area (Å²) in [6.45, 7) is 12.6. The Hall–Kier alpha value is -1.31. The van der Waals surface area contributed by atoms with Crippen molar-refractivity contribution in [2.75, 3.05) is 0 Å². The van der Waals surface area contributed by atoms with Gasteiger partial charge in [-0.2, -0.15) is 0 Å². The highest BCUT2D eigenvalue weighted by Crippen LogP contribution is 2.03. The molecule has 2 heteroatoms. The largest absolute Gasteiger partial charge is 0.506 e. The van der Waals surface area contributed by atoms with Crippen LogP contribution in [0.5, 0.6) is 0 Å². The summed E-state index contributed by atoms with van der Waals surface area (Å²) in [5.41, 5.74) is 0.442. The van der Waals surface area contributed by atoms with Crippen LogP contribution in [0.1, 0.15) is 20.8 Å². The highest BCUT2D eigenvalue weighted by molar-refractivity contribution is 5.56. The Morgan fingerprint density at radius 3 is 2.00 bits per heavy atom. The molecular formula is C10H17NO. The monoisotopic (exact) mass is 167 g/mol. The zero-order valence-corrected chi connectivity index (χ0v) is 8.04. The van der Waals surface area contributed by atoms with E-state index in [9.17, 15) is 0 Å². The standard InChI is InChI=1S/C8H11NO.C2H6/c1-4-7(9-6-3)8(10)5-2;1-2/h4-6,10H,1-2H2,3H3;1-2H3/b8-7-,9-6?;. The molecule has 0 aliphatic carbocycles. The quantitative estimate of drug-likeness (QED) is 0.390. The molecule has 0 heterocycles. The second kappa shape index (κ2) is 9.69. The molecule has 0 saturated heterocycles. The highest BCUT2D eigenvalue weighted by Gasteiger charge is 1.91. The Morgan fingerprint density at radius 1 is 1.25 bits per heavy atom. The second-order valence-electron chi connectivity index (χ2n) is 1.57. The Balaban J connectivity index is 0. The number of nitrogens with zero attached hydrogens (tertiary/aromatic N) is 1. The Bertz CT molecular complexity index is 190. The lowest BCUT2D eigenvalue weighted by molar-refractivity contribution is 0.427. The number of aliphatic imine (C=N–C) groups is 1. The van der Waals surface area contributed by atoms with Gasteiger partial charge < -0.3 is 5.11 Å². The van der Waals surface area contributed by atoms with Gasteiger partial charge in [0.1, 0.15) is 11.5 Å². The lowest BCUT2D eigenvalue weighted by Gasteiger charge is -1.93. The van der Waals surface area contributed by atoms with Crippen LogP contribution in [0.15, 0.2) is 41.8 Å². The number of aliphatic hydroxyl groups is 1. The molecule has 2 nitrogen and oxygen atoms in total. The van der Waals surface area contributed by atoms with Gasteiger partial charge in [-0.15, -0.1) is 0 Å². The van der Waals surface area contributed by atoms with Crippen LogP contribution >= 0.6 is 0 Å². The first-order valence-electron chi connectivity index (χ1n) is 3.93. The third-order valence-corrected chi connectivity index (χ3v) is 0.917. The van der Waals surface area contributed by atoms with E-state index in [1.165, 1.54) is 12.2 Å². The van der Waals surface area contributed by atoms with E-state index < -0.39 is 0 Å². The zero-order chi connectivity index (χ0) is 9.98. The number of hydrogen-bond acceptors (Lipinski definition) is 2. The topological polar surface area (TPSA) is 32.6 Å². The average molecular weight is 167 g/mol. The minimum absolute atomic E-state index is 0.0492. The molecule has 0 atom stereocenters. The van der Waals surface area contributed by atoms with E-state index in [0.717, 1.165) is 0 Å². The van der Waals surface area contributed by atoms with Gasteiger partial charge in [0, 0.05) is 6.21 Å². The summed E-state index contributed by atoms with van der Waals surface area (Å²) < 4.78 is 0. The maximum absolute atomic E-state index is 9.03. The molecule has 0 fully saturated rings. The molecule has 0 aliphatic heterocycles. The van der Waals surface area contributed by atoms with Crippen molar-refractivity contribution in [1.29, 1.82) is 0 Å². The molecule has 12 heavy (non-hydrogen) atoms. The van der Waals surface area contributed by atoms with Crippen molar-refractivity contribution >= 4 is 6.21 Å². The van der Waals surface area contributed by atoms with E-state index in [2.05, 4.69) is 18.2 Å². The first-order valence-corrected chi connectivity index (χ1v) is 3.93. The number of aliphatic hydroxyl groups excluding tert-OH is 1. The van der Waals surface area contributed by atoms with Gasteiger partial charge in [-0.05, 0) is 19.1 Å². The maximum Gasteiger partial charge on any atom is 0.140 e. The molecule has 0 aromatic carbocycles. The minimum atomic E-state index is 0.0492. The van der Waals surface area contributed by atoms with E-state index in [-0.39, 0.29) is 5.76 Å². The molecule has 0 spiro atoms. The van der Waals surface area contributed by atoms with E-state index in [1.54, 1.807) is 13.1 Å². The molecule has 0 rings (SSSR count). The summed E-state index contributed by atoms with van der Waals surface area (Å²) in [5, 5.41) is 9.03. The summed E-state index contributed by atoms with van der Waals surface area (Å²) in [6, 6.07) is 0. The molecule has 0 aliphatic rings. The van der Waals surface area contributed by atoms with Gasteiger partial charge in [0.15, 0.2) is 0 Å². The van der Waals surface area contributed by atoms with E-state index in [1.807, 2.05) is 13.8 Å². The van der Waals surface area contributed by atoms with Crippen molar-refractivity contribution in [2.45, 2.75) is 20.8 Å². The summed E-state index contributed by atoms with van der Waals surface area (Å²) >= 11 is 0. The van der Waals surface area contributed by atoms with Gasteiger partial charge in [-0.3, -0.25) is 4.99 Å². The normalized spacial score (nSPS) is 11.2. The van der Waals surface area contributed by atoms with Crippen LogP contribution in [0.2, 0.25) is 0 Å². The third kappa shape index (κ3) is 5.47. The smallest absolute Gasteiger partial charge is 0.140 e. The van der Waals surface area contributed by atoms with Gasteiger partial charge in [0.25, 0.3) is 0 Å². The van der Waals surface area contributed by atoms with E-state index in [4.69, 9.17) is 5.11 Å². The summed E-state index contributed by atoms with van der Waals surface area (Å²) in [7, 11) is 0. The molecule has 0 saturated carbocycles. The lowest BCUT2D eigenvalue weighted by Crippen LogP contribution is -1.80. The fourth-order valence-electron chi connectivity index (χ4n) is 0.467. The van der Waals surface area contributed by atoms with Crippen LogP contribution < -0.4 is 0 Å². The van der Waals surface area contributed by atoms with Gasteiger partial charge in [-0.25, -0.2) is 0 Å². The molecule has 0 aromatic rings. The van der Waals surface area contributed by atoms with Gasteiger partial charge in [0.2, 0.25) is 0 Å². The maximum atomic E-state index is 9.03. The Morgan fingerprint density at radius 2 is 1.75 bits per heavy atom. The third-order valence-electron chi connectivity index (χ3n) is 0.917. The van der Waals surface area contributed by atoms with Crippen molar-refractivity contribution in [2.24, 2.45) is 4.99 Å². The van der Waals surface area contributed by atoms with Crippen molar-refractivity contribution in [3.8, 4) is 0 Å². The molecular weight excluding hydrogens is 150 g/mol. The fraction of sp³-hybridized carbons (Fsp3) is 0.300. The summed E-state index contributed by atoms with van der Waals surface area (Å²) in [6.07, 6.45) is 4.37. The van der Waals surface area contributed by atoms with Crippen molar-refractivity contribution in [1.82, 2.24) is 0 Å². The Kier molecular flexibility index (Phi) is 10.7. The average Bonchev–Trinajstić information content (AvgIpc) is 2.16. The van der Waals surface area contributed by atoms with E-state index in [0.29, 0.717) is 5.70 Å². The van der Waals surface area contributed by atoms with Crippen molar-refractivity contribution < 1.29 is 5.11 Å². The van der Waals surface area contributed by atoms with Gasteiger partial charge >= 0.3 is 0 Å². The predicted octanol–water partition coefficient (Wildman–Crippen LogP) is 3.24. The first-order chi connectivity index (χ1) is 5.76. The summed E-state index contributed by atoms with van der Waals surface area (Å²) in [5.74, 6) is 0.0492. The first kappa shape index (κ1) is 13.3. The van der Waals surface area contributed by atoms with E-state index >= 15 is 0 Å². The van der Waals surface area contributed by atoms with Crippen LogP contribution in [0.4, 0.5) is 0 Å². The lowest BCUT2D eigenvalue weighted by atomic mass is 10.3. The summed E-state index contributed by atoms with van der Waals surface area (Å²) in [4.78, 5) is 3.83. The molecule has 0 bridgehead atoms. The zero-order valence-electron chi connectivity index (χ0n) is 8.04. The fourth-order valence-corrected chi connectivity index (χ4v) is 0.467. The predicted molar refractivity (Wildman–Crippen MR) is 55.6 cm³/mol. The molecule has 0 unspecified atom stereocenters. The molecule has 1 N–H and O–H groups in total. The molecule has 68 valence electrons. The van der Waals surface area contributed by atoms with Gasteiger partial charge in [0.05, 0.1) is 0 Å². The number of hydrogen-bond donors (Lipinski definition) is 1. The van der Waals surface area contributed by atoms with Crippen molar-refractivity contribution in [3.05, 3.63) is 36.8 Å². The van der Waals surface area contributed by atoms with Gasteiger partial charge in [-0.1, -0.05) is 27.0 Å². The van der Waals surface area contributed by atoms with Crippen LogP contribution in [-0.2, 0) is 0 Å². The number of rotatable bonds is 3. The minimum Gasteiger partial charge on any atom is -0.506 e. The molecule has 0 amide bonds. The van der Waals surface area contributed by atoms with Crippen LogP contribution in [0.25, 0.3) is 0 Å². The van der Waals surface area contributed by atoms with Crippen LogP contribution in [0, 0.1) is 0 Å². The Labute approximate surface area is 74.7 Å². The SMILES string of the molecule is C=C/C(O)=C(\C=C)N=CC.CC. The van der Waals surface area contributed by atoms with Crippen LogP contribution in [-0.4, -0.2) is 11.3 Å². The number of allylic oxidation sites excluding steroid dienone is 2.